The monoisotopic (exact) mass is 119 g/mol. The van der Waals surface area contributed by atoms with Crippen molar-refractivity contribution in [1.82, 2.24) is 0 Å². The lowest BCUT2D eigenvalue weighted by molar-refractivity contribution is -0.561. The van der Waals surface area contributed by atoms with Crippen molar-refractivity contribution in [3.8, 4) is 0 Å². The van der Waals surface area contributed by atoms with Crippen molar-refractivity contribution in [3.05, 3.63) is 10.1 Å². The summed E-state index contributed by atoms with van der Waals surface area (Å²) in [5.41, 5.74) is 0. The quantitative estimate of drug-likeness (QED) is 0.223. The summed E-state index contributed by atoms with van der Waals surface area (Å²) in [6.45, 7) is 1.22. The Morgan fingerprint density at radius 3 is 2.50 bits per heavy atom. The number of nitrogens with zero attached hydrogens (tertiary/aromatic N) is 1. The molecule has 46 valence electrons. The Labute approximate surface area is 45.4 Å². The molecule has 0 spiro atoms. The van der Waals surface area contributed by atoms with Crippen molar-refractivity contribution in [2.45, 2.75) is 13.2 Å². The van der Waals surface area contributed by atoms with E-state index in [1.54, 1.807) is 0 Å². The zero-order valence-electron chi connectivity index (χ0n) is 4.23. The van der Waals surface area contributed by atoms with E-state index >= 15 is 0 Å². The van der Waals surface area contributed by atoms with E-state index in [0.29, 0.717) is 0 Å². The Bertz CT molecular complexity index is 101. The van der Waals surface area contributed by atoms with Crippen LogP contribution in [0.4, 0.5) is 0 Å². The number of carbonyl (C=O) groups excluding carboxylic acids is 1. The molecule has 0 bridgehead atoms. The van der Waals surface area contributed by atoms with Gasteiger partial charge in [-0.3, -0.25) is 14.9 Å². The van der Waals surface area contributed by atoms with E-state index in [0.717, 1.165) is 0 Å². The molecule has 0 aliphatic heterocycles. The molecule has 0 fully saturated rings. The fraction of sp³-hybridized carbons (Fsp3) is 0.667. The first-order valence-electron chi connectivity index (χ1n) is 1.91. The van der Waals surface area contributed by atoms with E-state index in [1.807, 2.05) is 0 Å². The molecular weight excluding hydrogens is 114 g/mol. The van der Waals surface area contributed by atoms with Crippen LogP contribution in [0.5, 0.6) is 0 Å². The number of hydrogen-bond acceptors (Lipinski definition) is 4. The van der Waals surface area contributed by atoms with Crippen LogP contribution >= 0.6 is 0 Å². The van der Waals surface area contributed by atoms with Crippen molar-refractivity contribution >= 4 is 6.47 Å². The molecule has 0 aliphatic rings. The van der Waals surface area contributed by atoms with Crippen LogP contribution in [-0.4, -0.2) is 17.6 Å². The second kappa shape index (κ2) is 2.95. The van der Waals surface area contributed by atoms with E-state index in [1.165, 1.54) is 6.92 Å². The summed E-state index contributed by atoms with van der Waals surface area (Å²) < 4.78 is 3.92. The minimum absolute atomic E-state index is 0.0491. The minimum atomic E-state index is -1.23. The van der Waals surface area contributed by atoms with Crippen LogP contribution in [0.1, 0.15) is 6.92 Å². The molecule has 0 aliphatic carbocycles. The Morgan fingerprint density at radius 2 is 2.38 bits per heavy atom. The summed E-state index contributed by atoms with van der Waals surface area (Å²) in [6, 6.07) is 0. The lowest BCUT2D eigenvalue weighted by atomic mass is 10.7. The third-order valence-electron chi connectivity index (χ3n) is 0.549. The molecule has 5 nitrogen and oxygen atoms in total. The average Bonchev–Trinajstić information content (AvgIpc) is 1.67. The molecule has 0 amide bonds. The smallest absolute Gasteiger partial charge is 0.352 e. The van der Waals surface area contributed by atoms with Crippen molar-refractivity contribution in [1.29, 1.82) is 0 Å². The van der Waals surface area contributed by atoms with Crippen LogP contribution in [0, 0.1) is 10.1 Å². The Balaban J connectivity index is 3.46. The van der Waals surface area contributed by atoms with E-state index in [2.05, 4.69) is 4.74 Å². The molecule has 0 saturated heterocycles. The maximum atomic E-state index is 9.61. The molecule has 0 aromatic rings. The highest BCUT2D eigenvalue weighted by molar-refractivity contribution is 5.36. The fourth-order valence-corrected chi connectivity index (χ4v) is 0.130. The van der Waals surface area contributed by atoms with Gasteiger partial charge in [-0.05, 0) is 0 Å². The van der Waals surface area contributed by atoms with Gasteiger partial charge in [0.05, 0.1) is 4.92 Å². The lowest BCUT2D eigenvalue weighted by Crippen LogP contribution is -2.17. The first-order valence-corrected chi connectivity index (χ1v) is 1.91. The highest BCUT2D eigenvalue weighted by Gasteiger charge is 2.10. The molecule has 0 rings (SSSR count). The summed E-state index contributed by atoms with van der Waals surface area (Å²) >= 11 is 0. The van der Waals surface area contributed by atoms with Gasteiger partial charge in [0.25, 0.3) is 6.47 Å². The van der Waals surface area contributed by atoms with Crippen molar-refractivity contribution in [2.24, 2.45) is 0 Å². The SMILES string of the molecule is CC(OC=O)[N+](=O)[O-]. The van der Waals surface area contributed by atoms with Gasteiger partial charge < -0.3 is 4.74 Å². The predicted molar refractivity (Wildman–Crippen MR) is 23.6 cm³/mol. The fourth-order valence-electron chi connectivity index (χ4n) is 0.130. The molecule has 5 heteroatoms. The van der Waals surface area contributed by atoms with E-state index in [-0.39, 0.29) is 6.47 Å². The molecular formula is C3H5NO4. The topological polar surface area (TPSA) is 69.4 Å². The largest absolute Gasteiger partial charge is 0.400 e. The van der Waals surface area contributed by atoms with Gasteiger partial charge in [-0.1, -0.05) is 0 Å². The summed E-state index contributed by atoms with van der Waals surface area (Å²) in [7, 11) is 0. The van der Waals surface area contributed by atoms with E-state index < -0.39 is 11.2 Å². The molecule has 0 aromatic carbocycles. The van der Waals surface area contributed by atoms with Crippen LogP contribution in [0.25, 0.3) is 0 Å². The predicted octanol–water partition coefficient (Wildman–Crippen LogP) is -0.218. The van der Waals surface area contributed by atoms with Gasteiger partial charge in [0, 0.05) is 6.92 Å². The van der Waals surface area contributed by atoms with Gasteiger partial charge in [0.2, 0.25) is 0 Å². The second-order valence-corrected chi connectivity index (χ2v) is 1.12. The third kappa shape index (κ3) is 2.12. The first kappa shape index (κ1) is 6.87. The highest BCUT2D eigenvalue weighted by Crippen LogP contribution is 1.85. The highest BCUT2D eigenvalue weighted by atomic mass is 16.7. The van der Waals surface area contributed by atoms with E-state index in [9.17, 15) is 14.9 Å². The zero-order valence-corrected chi connectivity index (χ0v) is 4.23. The maximum Gasteiger partial charge on any atom is 0.352 e. The minimum Gasteiger partial charge on any atom is -0.400 e. The lowest BCUT2D eigenvalue weighted by Gasteiger charge is -1.96. The zero-order chi connectivity index (χ0) is 6.57. The molecule has 8 heavy (non-hydrogen) atoms. The van der Waals surface area contributed by atoms with Crippen LogP contribution in [-0.2, 0) is 9.53 Å². The van der Waals surface area contributed by atoms with Crippen molar-refractivity contribution < 1.29 is 14.5 Å². The molecule has 0 N–H and O–H groups in total. The number of carbonyl (C=O) groups is 1. The number of ether oxygens (including phenoxy) is 1. The van der Waals surface area contributed by atoms with Gasteiger partial charge in [-0.25, -0.2) is 0 Å². The van der Waals surface area contributed by atoms with Gasteiger partial charge >= 0.3 is 6.23 Å². The molecule has 0 saturated carbocycles. The summed E-state index contributed by atoms with van der Waals surface area (Å²) in [6.07, 6.45) is -1.23. The maximum absolute atomic E-state index is 9.61. The van der Waals surface area contributed by atoms with Crippen LogP contribution < -0.4 is 0 Å². The number of nitro groups is 1. The van der Waals surface area contributed by atoms with Gasteiger partial charge in [0.15, 0.2) is 0 Å². The summed E-state index contributed by atoms with van der Waals surface area (Å²) in [5.74, 6) is 0. The summed E-state index contributed by atoms with van der Waals surface area (Å²) in [5, 5.41) is 9.61. The van der Waals surface area contributed by atoms with Crippen LogP contribution in [0.15, 0.2) is 0 Å². The Hall–Kier alpha value is -1.13. The molecule has 0 aromatic heterocycles. The first-order chi connectivity index (χ1) is 3.68. The molecule has 1 atom stereocenters. The molecule has 1 unspecified atom stereocenters. The Kier molecular flexibility index (Phi) is 2.53. The van der Waals surface area contributed by atoms with Crippen molar-refractivity contribution in [2.75, 3.05) is 0 Å². The van der Waals surface area contributed by atoms with Crippen LogP contribution in [0.2, 0.25) is 0 Å². The van der Waals surface area contributed by atoms with Crippen molar-refractivity contribution in [3.63, 3.8) is 0 Å². The second-order valence-electron chi connectivity index (χ2n) is 1.12. The van der Waals surface area contributed by atoms with Gasteiger partial charge in [0.1, 0.15) is 0 Å². The van der Waals surface area contributed by atoms with E-state index in [4.69, 9.17) is 0 Å². The standard InChI is InChI=1S/C3H5NO4/c1-3(4(6)7)8-2-5/h2-3H,1H3. The summed E-state index contributed by atoms with van der Waals surface area (Å²) in [4.78, 5) is 18.3. The third-order valence-corrected chi connectivity index (χ3v) is 0.549. The Morgan fingerprint density at radius 1 is 1.88 bits per heavy atom. The van der Waals surface area contributed by atoms with Crippen LogP contribution in [0.3, 0.4) is 0 Å². The van der Waals surface area contributed by atoms with Gasteiger partial charge in [-0.2, -0.15) is 0 Å². The molecule has 0 radical (unpaired) electrons. The molecule has 0 heterocycles. The van der Waals surface area contributed by atoms with Gasteiger partial charge in [-0.15, -0.1) is 0 Å². The number of rotatable bonds is 3. The normalized spacial score (nSPS) is 12.1. The number of hydrogen-bond donors (Lipinski definition) is 0. The average molecular weight is 119 g/mol.